The van der Waals surface area contributed by atoms with E-state index in [1.165, 1.54) is 35.6 Å². The molecule has 0 aliphatic heterocycles. The van der Waals surface area contributed by atoms with Crippen LogP contribution >= 0.6 is 11.3 Å². The summed E-state index contributed by atoms with van der Waals surface area (Å²) in [4.78, 5) is 25.4. The number of nitro groups is 2. The standard InChI is InChI=1S/C22H15N5O4S/c28-26(29)18-10-6-15(7-11-18)20-14-32-22(23-20)25-24-21(16-4-2-1-3-5-16)17-8-12-19(13-9-17)27(30)31/h1-14H,(H,23,25)/b24-21-. The Morgan fingerprint density at radius 2 is 1.38 bits per heavy atom. The van der Waals surface area contributed by atoms with Gasteiger partial charge in [0, 0.05) is 46.3 Å². The summed E-state index contributed by atoms with van der Waals surface area (Å²) >= 11 is 1.34. The fraction of sp³-hybridized carbons (Fsp3) is 0. The van der Waals surface area contributed by atoms with Gasteiger partial charge in [-0.1, -0.05) is 30.3 Å². The summed E-state index contributed by atoms with van der Waals surface area (Å²) in [5.41, 5.74) is 6.54. The van der Waals surface area contributed by atoms with Crippen LogP contribution in [0.1, 0.15) is 11.1 Å². The zero-order chi connectivity index (χ0) is 22.5. The molecule has 0 radical (unpaired) electrons. The van der Waals surface area contributed by atoms with Gasteiger partial charge in [0.05, 0.1) is 21.3 Å². The Balaban J connectivity index is 1.61. The van der Waals surface area contributed by atoms with E-state index in [9.17, 15) is 20.2 Å². The van der Waals surface area contributed by atoms with Crippen molar-refractivity contribution in [1.29, 1.82) is 0 Å². The highest BCUT2D eigenvalue weighted by molar-refractivity contribution is 7.14. The van der Waals surface area contributed by atoms with Gasteiger partial charge in [0.2, 0.25) is 5.13 Å². The number of rotatable bonds is 7. The summed E-state index contributed by atoms with van der Waals surface area (Å²) in [6.07, 6.45) is 0. The highest BCUT2D eigenvalue weighted by Crippen LogP contribution is 2.27. The number of nitrogens with zero attached hydrogens (tertiary/aromatic N) is 4. The van der Waals surface area contributed by atoms with Crippen LogP contribution in [0.15, 0.2) is 89.3 Å². The minimum absolute atomic E-state index is 0.00165. The van der Waals surface area contributed by atoms with E-state index in [1.807, 2.05) is 35.7 Å². The maximum absolute atomic E-state index is 11.0. The molecule has 1 N–H and O–H groups in total. The molecule has 0 aliphatic carbocycles. The molecule has 0 aliphatic rings. The van der Waals surface area contributed by atoms with E-state index in [-0.39, 0.29) is 11.4 Å². The van der Waals surface area contributed by atoms with Crippen molar-refractivity contribution in [2.24, 2.45) is 5.10 Å². The molecular weight excluding hydrogens is 430 g/mol. The first-order valence-corrected chi connectivity index (χ1v) is 10.2. The molecule has 0 saturated carbocycles. The van der Waals surface area contributed by atoms with Crippen molar-refractivity contribution in [2.75, 3.05) is 5.43 Å². The Morgan fingerprint density at radius 1 is 0.812 bits per heavy atom. The van der Waals surface area contributed by atoms with Gasteiger partial charge in [-0.15, -0.1) is 11.3 Å². The molecule has 10 heteroatoms. The molecular formula is C22H15N5O4S. The molecule has 32 heavy (non-hydrogen) atoms. The van der Waals surface area contributed by atoms with Crippen LogP contribution in [0.2, 0.25) is 0 Å². The summed E-state index contributed by atoms with van der Waals surface area (Å²) in [7, 11) is 0. The maximum Gasteiger partial charge on any atom is 0.269 e. The predicted octanol–water partition coefficient (Wildman–Crippen LogP) is 5.49. The van der Waals surface area contributed by atoms with Crippen molar-refractivity contribution in [3.05, 3.63) is 116 Å². The molecule has 0 bridgehead atoms. The molecule has 4 aromatic rings. The molecule has 1 aromatic heterocycles. The van der Waals surface area contributed by atoms with E-state index in [4.69, 9.17) is 0 Å². The number of aromatic nitrogens is 1. The monoisotopic (exact) mass is 445 g/mol. The number of hydrazone groups is 1. The molecule has 0 amide bonds. The van der Waals surface area contributed by atoms with Crippen LogP contribution in [0, 0.1) is 20.2 Å². The lowest BCUT2D eigenvalue weighted by Gasteiger charge is -2.07. The van der Waals surface area contributed by atoms with Gasteiger partial charge in [0.15, 0.2) is 0 Å². The number of hydrogen-bond donors (Lipinski definition) is 1. The third-order valence-electron chi connectivity index (χ3n) is 4.54. The third kappa shape index (κ3) is 4.65. The smallest absolute Gasteiger partial charge is 0.258 e. The first-order valence-electron chi connectivity index (χ1n) is 9.35. The maximum atomic E-state index is 11.0. The first-order chi connectivity index (χ1) is 15.5. The zero-order valence-corrected chi connectivity index (χ0v) is 17.2. The lowest BCUT2D eigenvalue weighted by molar-refractivity contribution is -0.385. The number of non-ortho nitro benzene ring substituents is 2. The second-order valence-corrected chi connectivity index (χ2v) is 7.44. The van der Waals surface area contributed by atoms with E-state index in [1.54, 1.807) is 24.3 Å². The van der Waals surface area contributed by atoms with Crippen LogP contribution in [0.5, 0.6) is 0 Å². The van der Waals surface area contributed by atoms with Crippen LogP contribution < -0.4 is 5.43 Å². The number of nitro benzene ring substituents is 2. The summed E-state index contributed by atoms with van der Waals surface area (Å²) < 4.78 is 0. The molecule has 0 fully saturated rings. The molecule has 1 heterocycles. The van der Waals surface area contributed by atoms with Gasteiger partial charge >= 0.3 is 0 Å². The molecule has 4 rings (SSSR count). The number of benzene rings is 3. The van der Waals surface area contributed by atoms with Gasteiger partial charge in [0.1, 0.15) is 0 Å². The minimum Gasteiger partial charge on any atom is -0.258 e. The first kappa shape index (κ1) is 20.8. The Morgan fingerprint density at radius 3 is 1.97 bits per heavy atom. The second kappa shape index (κ2) is 9.14. The molecule has 0 saturated heterocycles. The highest BCUT2D eigenvalue weighted by atomic mass is 32.1. The normalized spacial score (nSPS) is 11.2. The largest absolute Gasteiger partial charge is 0.269 e. The van der Waals surface area contributed by atoms with E-state index >= 15 is 0 Å². The summed E-state index contributed by atoms with van der Waals surface area (Å²) in [6, 6.07) is 21.8. The second-order valence-electron chi connectivity index (χ2n) is 6.58. The molecule has 158 valence electrons. The summed E-state index contributed by atoms with van der Waals surface area (Å²) in [5.74, 6) is 0. The summed E-state index contributed by atoms with van der Waals surface area (Å²) in [5, 5.41) is 28.6. The SMILES string of the molecule is O=[N+]([O-])c1ccc(/C(=N\Nc2nc(-c3ccc([N+](=O)[O-])cc3)cs2)c2ccccc2)cc1. The lowest BCUT2D eigenvalue weighted by Crippen LogP contribution is -2.06. The quantitative estimate of drug-likeness (QED) is 0.228. The predicted molar refractivity (Wildman–Crippen MR) is 123 cm³/mol. The van der Waals surface area contributed by atoms with Crippen LogP contribution in [-0.2, 0) is 0 Å². The van der Waals surface area contributed by atoms with Crippen molar-refractivity contribution in [3.8, 4) is 11.3 Å². The zero-order valence-electron chi connectivity index (χ0n) is 16.4. The fourth-order valence-electron chi connectivity index (χ4n) is 2.95. The van der Waals surface area contributed by atoms with Gasteiger partial charge in [-0.25, -0.2) is 4.98 Å². The van der Waals surface area contributed by atoms with Crippen molar-refractivity contribution >= 4 is 33.6 Å². The molecule has 0 atom stereocenters. The van der Waals surface area contributed by atoms with Crippen molar-refractivity contribution in [3.63, 3.8) is 0 Å². The Hall–Kier alpha value is -4.44. The van der Waals surface area contributed by atoms with Gasteiger partial charge in [-0.3, -0.25) is 25.7 Å². The van der Waals surface area contributed by atoms with Crippen molar-refractivity contribution in [1.82, 2.24) is 4.98 Å². The van der Waals surface area contributed by atoms with E-state index in [2.05, 4.69) is 15.5 Å². The Bertz CT molecular complexity index is 1290. The summed E-state index contributed by atoms with van der Waals surface area (Å²) in [6.45, 7) is 0. The van der Waals surface area contributed by atoms with Crippen LogP contribution in [0.3, 0.4) is 0 Å². The highest BCUT2D eigenvalue weighted by Gasteiger charge is 2.12. The number of thiazole rings is 1. The number of hydrogen-bond acceptors (Lipinski definition) is 8. The molecule has 0 unspecified atom stereocenters. The molecule has 9 nitrogen and oxygen atoms in total. The lowest BCUT2D eigenvalue weighted by atomic mass is 10.0. The fourth-order valence-corrected chi connectivity index (χ4v) is 3.61. The van der Waals surface area contributed by atoms with Crippen LogP contribution in [0.25, 0.3) is 11.3 Å². The van der Waals surface area contributed by atoms with Gasteiger partial charge in [-0.05, 0) is 24.3 Å². The number of nitrogens with one attached hydrogen (secondary N) is 1. The van der Waals surface area contributed by atoms with E-state index in [0.29, 0.717) is 22.1 Å². The van der Waals surface area contributed by atoms with E-state index in [0.717, 1.165) is 11.1 Å². The molecule has 3 aromatic carbocycles. The van der Waals surface area contributed by atoms with Crippen LogP contribution in [0.4, 0.5) is 16.5 Å². The van der Waals surface area contributed by atoms with E-state index < -0.39 is 9.85 Å². The Labute approximate surface area is 186 Å². The van der Waals surface area contributed by atoms with Gasteiger partial charge in [0.25, 0.3) is 11.4 Å². The van der Waals surface area contributed by atoms with Crippen LogP contribution in [-0.4, -0.2) is 20.5 Å². The number of anilines is 1. The van der Waals surface area contributed by atoms with Crippen molar-refractivity contribution in [2.45, 2.75) is 0 Å². The average Bonchev–Trinajstić information content (AvgIpc) is 3.29. The Kier molecular flexibility index (Phi) is 5.95. The third-order valence-corrected chi connectivity index (χ3v) is 5.29. The van der Waals surface area contributed by atoms with Gasteiger partial charge < -0.3 is 0 Å². The van der Waals surface area contributed by atoms with Gasteiger partial charge in [-0.2, -0.15) is 5.10 Å². The molecule has 0 spiro atoms. The average molecular weight is 445 g/mol. The van der Waals surface area contributed by atoms with Crippen molar-refractivity contribution < 1.29 is 9.85 Å². The minimum atomic E-state index is -0.449. The topological polar surface area (TPSA) is 124 Å².